The summed E-state index contributed by atoms with van der Waals surface area (Å²) in [5.41, 5.74) is 23.4. The Balaban J connectivity index is 0.798. The van der Waals surface area contributed by atoms with Crippen LogP contribution in [0.1, 0.15) is 63.8 Å². The number of hydrogen-bond acceptors (Lipinski definition) is 4. The van der Waals surface area contributed by atoms with Gasteiger partial charge in [-0.2, -0.15) is 0 Å². The Hall–Kier alpha value is -12.1. The minimum absolute atomic E-state index is 0.0694. The van der Waals surface area contributed by atoms with Gasteiger partial charge in [0.05, 0.1) is 31.3 Å². The summed E-state index contributed by atoms with van der Waals surface area (Å²) in [7, 11) is -3.49. The lowest BCUT2D eigenvalue weighted by Gasteiger charge is -2.41. The lowest BCUT2D eigenvalue weighted by atomic mass is 9.70. The van der Waals surface area contributed by atoms with E-state index in [9.17, 15) is 0 Å². The highest BCUT2D eigenvalue weighted by molar-refractivity contribution is 7.03. The quantitative estimate of drug-likeness (QED) is 0.121. The number of nitrogens with zero attached hydrogens (tertiary/aromatic N) is 2. The molecule has 16 aromatic carbocycles. The minimum Gasteiger partial charge on any atom is -0.454 e. The van der Waals surface area contributed by atoms with Crippen molar-refractivity contribution in [1.29, 1.82) is 0 Å². The standard InChI is InChI=1S/C101H80N2O2Si2/c1-99(2,3)106(7)75-32-22-30-68(58-75)70-48-54-95-85(60-70)83-41-25-45-92(98(83)105-95)103(73-51-47-65-27-13-15-29-67(65)57-73)93-63-90-96(81-39-17-16-38-80(81)93)84-53-52-74(62-89(84)101(90)87-42-20-18-36-78(87)79-37-19-21-43-88(79)101)102(72-50-46-64-26-12-14-28-66(64)56-72)91-44-24-40-82-86-61-71(49-55-94(86)104-97(82)91)69-31-23-35-77(59-69)107(8,100(4,5)6)76-33-10-9-11-34-76/h9-63,106H,1-8H3. The van der Waals surface area contributed by atoms with Crippen LogP contribution in [-0.2, 0) is 5.41 Å². The smallest absolute Gasteiger partial charge is 0.159 e. The molecule has 20 rings (SSSR count). The number of fused-ring (bicyclic) bond motifs is 20. The second kappa shape index (κ2) is 24.2. The molecule has 6 heteroatoms. The van der Waals surface area contributed by atoms with Crippen LogP contribution in [0.2, 0.25) is 23.2 Å². The lowest BCUT2D eigenvalue weighted by Crippen LogP contribution is -2.61. The van der Waals surface area contributed by atoms with Crippen molar-refractivity contribution in [3.63, 3.8) is 0 Å². The van der Waals surface area contributed by atoms with E-state index in [0.29, 0.717) is 0 Å². The van der Waals surface area contributed by atoms with Crippen molar-refractivity contribution in [2.45, 2.75) is 70.1 Å². The first-order chi connectivity index (χ1) is 52.1. The molecule has 0 saturated heterocycles. The fraction of sp³-hybridized carbons (Fsp3) is 0.109. The van der Waals surface area contributed by atoms with E-state index in [4.69, 9.17) is 8.83 Å². The Morgan fingerprint density at radius 1 is 0.318 bits per heavy atom. The van der Waals surface area contributed by atoms with Gasteiger partial charge in [-0.1, -0.05) is 325 Å². The highest BCUT2D eigenvalue weighted by atomic mass is 28.3. The summed E-state index contributed by atoms with van der Waals surface area (Å²) in [5, 5.41) is 16.0. The van der Waals surface area contributed by atoms with E-state index >= 15 is 0 Å². The van der Waals surface area contributed by atoms with Crippen LogP contribution in [0.3, 0.4) is 0 Å². The van der Waals surface area contributed by atoms with Gasteiger partial charge in [0.1, 0.15) is 19.2 Å². The van der Waals surface area contributed by atoms with Crippen LogP contribution in [0.15, 0.2) is 342 Å². The van der Waals surface area contributed by atoms with Gasteiger partial charge in [-0.25, -0.2) is 0 Å². The number of anilines is 6. The molecular weight excluding hydrogens is 1330 g/mol. The van der Waals surface area contributed by atoms with Gasteiger partial charge in [-0.05, 0) is 183 Å². The molecule has 2 atom stereocenters. The van der Waals surface area contributed by atoms with E-state index in [2.05, 4.69) is 398 Å². The van der Waals surface area contributed by atoms with Gasteiger partial charge in [0.25, 0.3) is 0 Å². The van der Waals surface area contributed by atoms with E-state index in [1.807, 2.05) is 0 Å². The zero-order valence-corrected chi connectivity index (χ0v) is 63.7. The van der Waals surface area contributed by atoms with E-state index in [0.717, 1.165) is 94.2 Å². The molecule has 0 fully saturated rings. The Morgan fingerprint density at radius 2 is 0.794 bits per heavy atom. The first-order valence-corrected chi connectivity index (χ1v) is 42.6. The fourth-order valence-electron chi connectivity index (χ4n) is 18.3. The minimum atomic E-state index is -2.24. The summed E-state index contributed by atoms with van der Waals surface area (Å²) >= 11 is 0. The molecular formula is C101H80N2O2Si2. The van der Waals surface area contributed by atoms with E-state index < -0.39 is 22.3 Å². The zero-order valence-electron chi connectivity index (χ0n) is 61.5. The Kier molecular flexibility index (Phi) is 14.6. The van der Waals surface area contributed by atoms with Crippen molar-refractivity contribution in [3.05, 3.63) is 356 Å². The topological polar surface area (TPSA) is 32.8 Å². The largest absolute Gasteiger partial charge is 0.454 e. The molecule has 0 saturated carbocycles. The molecule has 2 aromatic heterocycles. The molecule has 107 heavy (non-hydrogen) atoms. The molecule has 0 radical (unpaired) electrons. The van der Waals surface area contributed by atoms with Crippen LogP contribution in [-0.4, -0.2) is 16.9 Å². The summed E-state index contributed by atoms with van der Waals surface area (Å²) in [5.74, 6) is 0. The average molecular weight is 1410 g/mol. The third-order valence-corrected chi connectivity index (χ3v) is 34.5. The van der Waals surface area contributed by atoms with E-state index in [-0.39, 0.29) is 10.1 Å². The van der Waals surface area contributed by atoms with Gasteiger partial charge in [-0.3, -0.25) is 0 Å². The third kappa shape index (κ3) is 9.92. The van der Waals surface area contributed by atoms with Crippen LogP contribution < -0.4 is 25.4 Å². The van der Waals surface area contributed by atoms with E-state index in [1.165, 1.54) is 98.5 Å². The number of rotatable bonds is 11. The summed E-state index contributed by atoms with van der Waals surface area (Å²) in [6.07, 6.45) is 0. The monoisotopic (exact) mass is 1410 g/mol. The number of para-hydroxylation sites is 2. The van der Waals surface area contributed by atoms with Crippen molar-refractivity contribution < 1.29 is 8.83 Å². The molecule has 0 N–H and O–H groups in total. The highest BCUT2D eigenvalue weighted by Crippen LogP contribution is 2.66. The summed E-state index contributed by atoms with van der Waals surface area (Å²) in [6, 6.07) is 126. The second-order valence-corrected chi connectivity index (χ2v) is 40.9. The molecule has 1 spiro atoms. The van der Waals surface area contributed by atoms with Crippen molar-refractivity contribution >= 4 is 143 Å². The maximum absolute atomic E-state index is 7.32. The maximum Gasteiger partial charge on any atom is 0.159 e. The summed E-state index contributed by atoms with van der Waals surface area (Å²) in [4.78, 5) is 4.96. The average Bonchev–Trinajstić information content (AvgIpc) is 1.50. The van der Waals surface area contributed by atoms with Crippen molar-refractivity contribution in [1.82, 2.24) is 0 Å². The molecule has 2 aliphatic carbocycles. The number of benzene rings is 16. The van der Waals surface area contributed by atoms with Crippen LogP contribution in [0.4, 0.5) is 34.1 Å². The van der Waals surface area contributed by atoms with E-state index in [1.54, 1.807) is 0 Å². The number of furan rings is 2. The Bertz CT molecular complexity index is 6640. The molecule has 2 heterocycles. The van der Waals surface area contributed by atoms with Gasteiger partial charge in [0.2, 0.25) is 0 Å². The summed E-state index contributed by atoms with van der Waals surface area (Å²) < 4.78 is 14.6. The normalized spacial score (nSPS) is 13.9. The molecule has 0 amide bonds. The zero-order chi connectivity index (χ0) is 72.2. The van der Waals surface area contributed by atoms with Crippen LogP contribution >= 0.6 is 0 Å². The Morgan fingerprint density at radius 3 is 1.40 bits per heavy atom. The molecule has 4 nitrogen and oxygen atoms in total. The van der Waals surface area contributed by atoms with Gasteiger partial charge >= 0.3 is 0 Å². The second-order valence-electron chi connectivity index (χ2n) is 32.1. The predicted molar refractivity (Wildman–Crippen MR) is 459 cm³/mol. The first kappa shape index (κ1) is 64.5. The van der Waals surface area contributed by atoms with Gasteiger partial charge in [-0.15, -0.1) is 0 Å². The van der Waals surface area contributed by atoms with Crippen molar-refractivity contribution in [3.8, 4) is 44.5 Å². The van der Waals surface area contributed by atoms with Crippen LogP contribution in [0.25, 0.3) is 121 Å². The van der Waals surface area contributed by atoms with Gasteiger partial charge < -0.3 is 18.6 Å². The molecule has 514 valence electrons. The Labute approximate surface area is 627 Å². The maximum atomic E-state index is 7.32. The first-order valence-electron chi connectivity index (χ1n) is 37.8. The highest BCUT2D eigenvalue weighted by Gasteiger charge is 2.53. The third-order valence-electron chi connectivity index (χ3n) is 24.6. The number of hydrogen-bond donors (Lipinski definition) is 0. The molecule has 18 aromatic rings. The predicted octanol–water partition coefficient (Wildman–Crippen LogP) is 26.4. The molecule has 0 bridgehead atoms. The molecule has 2 aliphatic rings. The van der Waals surface area contributed by atoms with Gasteiger partial charge in [0.15, 0.2) is 11.2 Å². The lowest BCUT2D eigenvalue weighted by molar-refractivity contribution is 0.669. The SMILES string of the molecule is C[SiH](c1cccc(-c2ccc3oc4c(N(c5ccc6ccccc6c5)c5cc6c(c7ccccc57)-c5ccc(N(c7ccc8ccccc8c7)c7cccc8c7oc7ccc(-c9cccc([Si](C)(c%10ccccc%10)C(C)(C)C)c9)cc78)cc5C65c6ccccc6-c6ccccc65)cccc4c3c2)c1)C(C)(C)C. The van der Waals surface area contributed by atoms with Crippen molar-refractivity contribution in [2.24, 2.45) is 0 Å². The molecule has 0 aliphatic heterocycles. The van der Waals surface area contributed by atoms with Crippen LogP contribution in [0.5, 0.6) is 0 Å². The molecule has 2 unspecified atom stereocenters. The van der Waals surface area contributed by atoms with Crippen molar-refractivity contribution in [2.75, 3.05) is 9.80 Å². The van der Waals surface area contributed by atoms with Crippen LogP contribution in [0, 0.1) is 0 Å². The van der Waals surface area contributed by atoms with Gasteiger partial charge in [0, 0.05) is 44.0 Å². The fourth-order valence-corrected chi connectivity index (χ4v) is 24.0. The summed E-state index contributed by atoms with van der Waals surface area (Å²) in [6.45, 7) is 19.4.